The molecular formula is C19H25NOS. The van der Waals surface area contributed by atoms with Gasteiger partial charge in [0, 0.05) is 17.5 Å². The van der Waals surface area contributed by atoms with Crippen molar-refractivity contribution >= 4 is 11.3 Å². The van der Waals surface area contributed by atoms with Crippen LogP contribution in [0, 0.1) is 0 Å². The zero-order valence-electron chi connectivity index (χ0n) is 13.3. The van der Waals surface area contributed by atoms with Crippen LogP contribution in [-0.4, -0.2) is 29.1 Å². The van der Waals surface area contributed by atoms with E-state index in [2.05, 4.69) is 35.4 Å². The molecule has 0 fully saturated rings. The van der Waals surface area contributed by atoms with Crippen molar-refractivity contribution in [1.29, 1.82) is 0 Å². The Bertz CT molecular complexity index is 593. The summed E-state index contributed by atoms with van der Waals surface area (Å²) < 4.78 is 0. The van der Waals surface area contributed by atoms with Gasteiger partial charge in [0.2, 0.25) is 0 Å². The maximum absolute atomic E-state index is 10.0. The minimum absolute atomic E-state index is 0.483. The molecular weight excluding hydrogens is 290 g/mol. The third-order valence-corrected chi connectivity index (χ3v) is 5.62. The molecule has 1 aromatic carbocycles. The summed E-state index contributed by atoms with van der Waals surface area (Å²) in [4.78, 5) is 4.14. The minimum Gasteiger partial charge on any atom is -0.508 e. The molecule has 2 aromatic rings. The van der Waals surface area contributed by atoms with Crippen LogP contribution in [0.15, 0.2) is 35.7 Å². The lowest BCUT2D eigenvalue weighted by Crippen LogP contribution is -2.41. The van der Waals surface area contributed by atoms with E-state index in [0.717, 1.165) is 32.2 Å². The number of phenols is 1. The van der Waals surface area contributed by atoms with Crippen LogP contribution >= 0.6 is 11.3 Å². The van der Waals surface area contributed by atoms with E-state index in [1.54, 1.807) is 0 Å². The molecule has 0 spiro atoms. The molecule has 1 heterocycles. The molecule has 0 aliphatic heterocycles. The van der Waals surface area contributed by atoms with Crippen LogP contribution in [-0.2, 0) is 19.3 Å². The molecule has 3 heteroatoms. The molecule has 2 nitrogen and oxygen atoms in total. The molecule has 1 N–H and O–H groups in total. The van der Waals surface area contributed by atoms with E-state index in [1.807, 2.05) is 23.5 Å². The number of hydrogen-bond acceptors (Lipinski definition) is 3. The van der Waals surface area contributed by atoms with Crippen LogP contribution in [0.1, 0.15) is 35.8 Å². The lowest BCUT2D eigenvalue weighted by Gasteiger charge is -2.35. The van der Waals surface area contributed by atoms with Crippen molar-refractivity contribution in [1.82, 2.24) is 4.90 Å². The highest BCUT2D eigenvalue weighted by atomic mass is 32.1. The monoisotopic (exact) mass is 315 g/mol. The first-order valence-corrected chi connectivity index (χ1v) is 9.22. The van der Waals surface area contributed by atoms with Gasteiger partial charge in [-0.1, -0.05) is 25.1 Å². The van der Waals surface area contributed by atoms with Gasteiger partial charge in [-0.25, -0.2) is 0 Å². The average molecular weight is 315 g/mol. The van der Waals surface area contributed by atoms with Crippen molar-refractivity contribution in [3.63, 3.8) is 0 Å². The van der Waals surface area contributed by atoms with Crippen LogP contribution in [0.5, 0.6) is 5.75 Å². The lowest BCUT2D eigenvalue weighted by molar-refractivity contribution is 0.181. The molecule has 0 amide bonds. The quantitative estimate of drug-likeness (QED) is 0.860. The van der Waals surface area contributed by atoms with Crippen molar-refractivity contribution in [3.8, 4) is 5.75 Å². The van der Waals surface area contributed by atoms with Crippen LogP contribution in [0.25, 0.3) is 0 Å². The van der Waals surface area contributed by atoms with Gasteiger partial charge in [0.1, 0.15) is 5.75 Å². The fourth-order valence-corrected chi connectivity index (χ4v) is 4.25. The third kappa shape index (κ3) is 3.53. The van der Waals surface area contributed by atoms with Gasteiger partial charge in [-0.05, 0) is 67.3 Å². The summed E-state index contributed by atoms with van der Waals surface area (Å²) in [5.41, 5.74) is 2.52. The minimum atomic E-state index is 0.483. The Hall–Kier alpha value is -1.32. The predicted octanol–water partition coefficient (Wildman–Crippen LogP) is 4.27. The molecule has 1 aliphatic carbocycles. The number of thiophene rings is 1. The van der Waals surface area contributed by atoms with Crippen molar-refractivity contribution in [2.45, 2.75) is 45.1 Å². The number of hydrogen-bond donors (Lipinski definition) is 1. The Kier molecular flexibility index (Phi) is 5.16. The second-order valence-electron chi connectivity index (χ2n) is 6.18. The highest BCUT2D eigenvalue weighted by molar-refractivity contribution is 7.09. The first kappa shape index (κ1) is 15.6. The van der Waals surface area contributed by atoms with Gasteiger partial charge < -0.3 is 5.11 Å². The van der Waals surface area contributed by atoms with Crippen LogP contribution < -0.4 is 0 Å². The Balaban J connectivity index is 1.67. The summed E-state index contributed by atoms with van der Waals surface area (Å²) in [6.45, 7) is 4.58. The van der Waals surface area contributed by atoms with Gasteiger partial charge in [0.25, 0.3) is 0 Å². The highest BCUT2D eigenvalue weighted by Gasteiger charge is 2.25. The first-order chi connectivity index (χ1) is 10.8. The Morgan fingerprint density at radius 1 is 1.23 bits per heavy atom. The normalized spacial score (nSPS) is 17.6. The molecule has 1 aliphatic rings. The topological polar surface area (TPSA) is 23.5 Å². The van der Waals surface area contributed by atoms with Gasteiger partial charge in [-0.15, -0.1) is 11.3 Å². The molecule has 3 rings (SSSR count). The van der Waals surface area contributed by atoms with Gasteiger partial charge in [-0.3, -0.25) is 4.90 Å². The van der Waals surface area contributed by atoms with Gasteiger partial charge in [0.05, 0.1) is 0 Å². The summed E-state index contributed by atoms with van der Waals surface area (Å²) in [5, 5.41) is 12.2. The Morgan fingerprint density at radius 2 is 2.14 bits per heavy atom. The standard InChI is InChI=1S/C19H25NOS/c1-2-11-20(12-10-17-6-4-13-22-17)16-8-9-18-15(14-16)5-3-7-19(18)21/h3-7,13,16,21H,2,8-12,14H2,1H3/t16-/m1/s1. The number of aromatic hydroxyl groups is 1. The summed E-state index contributed by atoms with van der Waals surface area (Å²) in [7, 11) is 0. The second kappa shape index (κ2) is 7.30. The van der Waals surface area contributed by atoms with Crippen molar-refractivity contribution < 1.29 is 5.11 Å². The summed E-state index contributed by atoms with van der Waals surface area (Å²) in [6, 6.07) is 11.0. The summed E-state index contributed by atoms with van der Waals surface area (Å²) in [6.07, 6.45) is 5.60. The fourth-order valence-electron chi connectivity index (χ4n) is 3.55. The van der Waals surface area contributed by atoms with E-state index in [4.69, 9.17) is 0 Å². The SMILES string of the molecule is CCCN(CCc1cccs1)[C@@H]1CCc2c(O)cccc2C1. The van der Waals surface area contributed by atoms with Crippen LogP contribution in [0.2, 0.25) is 0 Å². The molecule has 0 saturated heterocycles. The van der Waals surface area contributed by atoms with E-state index in [-0.39, 0.29) is 0 Å². The molecule has 1 aromatic heterocycles. The van der Waals surface area contributed by atoms with Crippen LogP contribution in [0.3, 0.4) is 0 Å². The van der Waals surface area contributed by atoms with E-state index >= 15 is 0 Å². The van der Waals surface area contributed by atoms with Crippen molar-refractivity contribution in [2.75, 3.05) is 13.1 Å². The molecule has 1 atom stereocenters. The van der Waals surface area contributed by atoms with E-state index < -0.39 is 0 Å². The molecule has 0 radical (unpaired) electrons. The number of nitrogens with zero attached hydrogens (tertiary/aromatic N) is 1. The molecule has 0 saturated carbocycles. The highest BCUT2D eigenvalue weighted by Crippen LogP contribution is 2.30. The lowest BCUT2D eigenvalue weighted by atomic mass is 9.86. The van der Waals surface area contributed by atoms with Crippen LogP contribution in [0.4, 0.5) is 0 Å². The summed E-state index contributed by atoms with van der Waals surface area (Å²) in [5.74, 6) is 0.483. The van der Waals surface area contributed by atoms with Crippen molar-refractivity contribution in [2.24, 2.45) is 0 Å². The van der Waals surface area contributed by atoms with E-state index in [1.165, 1.54) is 29.0 Å². The Morgan fingerprint density at radius 3 is 2.91 bits per heavy atom. The number of benzene rings is 1. The molecule has 0 unspecified atom stereocenters. The average Bonchev–Trinajstić information content (AvgIpc) is 3.05. The maximum atomic E-state index is 10.0. The second-order valence-corrected chi connectivity index (χ2v) is 7.21. The maximum Gasteiger partial charge on any atom is 0.119 e. The largest absolute Gasteiger partial charge is 0.508 e. The van der Waals surface area contributed by atoms with E-state index in [9.17, 15) is 5.11 Å². The molecule has 22 heavy (non-hydrogen) atoms. The molecule has 118 valence electrons. The Labute approximate surface area is 137 Å². The number of fused-ring (bicyclic) bond motifs is 1. The van der Waals surface area contributed by atoms with Gasteiger partial charge in [-0.2, -0.15) is 0 Å². The van der Waals surface area contributed by atoms with Gasteiger partial charge in [0.15, 0.2) is 0 Å². The van der Waals surface area contributed by atoms with E-state index in [0.29, 0.717) is 11.8 Å². The number of phenolic OH excluding ortho intramolecular Hbond substituents is 1. The third-order valence-electron chi connectivity index (χ3n) is 4.68. The first-order valence-electron chi connectivity index (χ1n) is 8.34. The summed E-state index contributed by atoms with van der Waals surface area (Å²) >= 11 is 1.86. The van der Waals surface area contributed by atoms with Crippen molar-refractivity contribution in [3.05, 3.63) is 51.7 Å². The predicted molar refractivity (Wildman–Crippen MR) is 93.8 cm³/mol. The zero-order valence-corrected chi connectivity index (χ0v) is 14.1. The smallest absolute Gasteiger partial charge is 0.119 e. The van der Waals surface area contributed by atoms with Gasteiger partial charge >= 0.3 is 0 Å². The molecule has 0 bridgehead atoms. The number of rotatable bonds is 6. The fraction of sp³-hybridized carbons (Fsp3) is 0.474. The zero-order chi connectivity index (χ0) is 15.4.